The Morgan fingerprint density at radius 2 is 1.80 bits per heavy atom. The van der Waals surface area contributed by atoms with E-state index in [2.05, 4.69) is 4.84 Å². The number of carbonyl (C=O) groups excluding carboxylic acids is 1. The van der Waals surface area contributed by atoms with Gasteiger partial charge in [0.25, 0.3) is 0 Å². The first-order chi connectivity index (χ1) is 9.17. The lowest BCUT2D eigenvalue weighted by atomic mass is 10.2. The van der Waals surface area contributed by atoms with Crippen LogP contribution in [0.25, 0.3) is 0 Å². The minimum absolute atomic E-state index is 0.119. The molecule has 0 atom stereocenters. The predicted molar refractivity (Wildman–Crippen MR) is 72.3 cm³/mol. The maximum absolute atomic E-state index is 11.4. The predicted octanol–water partition coefficient (Wildman–Crippen LogP) is 3.69. The molecule has 20 heavy (non-hydrogen) atoms. The van der Waals surface area contributed by atoms with Gasteiger partial charge >= 0.3 is 12.2 Å². The lowest BCUT2D eigenvalue weighted by molar-refractivity contribution is -0.127. The van der Waals surface area contributed by atoms with Crippen LogP contribution in [0.5, 0.6) is 0 Å². The van der Waals surface area contributed by atoms with Crippen molar-refractivity contribution in [2.75, 3.05) is 0 Å². The molecule has 1 amide bonds. The Hall–Kier alpha value is -1.95. The van der Waals surface area contributed by atoms with Crippen LogP contribution in [0.3, 0.4) is 0 Å². The van der Waals surface area contributed by atoms with E-state index in [9.17, 15) is 9.59 Å². The number of rotatable bonds is 2. The zero-order valence-corrected chi connectivity index (χ0v) is 12.2. The largest absolute Gasteiger partial charge is 0.534 e. The molecule has 0 aromatic heterocycles. The zero-order valence-electron chi connectivity index (χ0n) is 11.4. The maximum Gasteiger partial charge on any atom is 0.534 e. The second-order valence-corrected chi connectivity index (χ2v) is 5.44. The highest BCUT2D eigenvalue weighted by Gasteiger charge is 2.23. The van der Waals surface area contributed by atoms with E-state index in [-0.39, 0.29) is 6.54 Å². The summed E-state index contributed by atoms with van der Waals surface area (Å²) in [6.07, 6.45) is -2.47. The summed E-state index contributed by atoms with van der Waals surface area (Å²) in [6, 6.07) is 6.50. The van der Waals surface area contributed by atoms with Gasteiger partial charge in [-0.1, -0.05) is 23.7 Å². The molecule has 0 aliphatic carbocycles. The smallest absolute Gasteiger partial charge is 0.463 e. The SMILES string of the molecule is CC(C)(C)OC(=O)ON(Cc1ccc(Cl)cc1)C(=O)O. The summed E-state index contributed by atoms with van der Waals surface area (Å²) in [5.74, 6) is 0. The third-order valence-corrected chi connectivity index (χ3v) is 2.28. The summed E-state index contributed by atoms with van der Waals surface area (Å²) in [5.41, 5.74) is -0.137. The van der Waals surface area contributed by atoms with Crippen LogP contribution in [0, 0.1) is 0 Å². The molecule has 0 spiro atoms. The molecular formula is C13H16ClNO5. The Morgan fingerprint density at radius 1 is 1.25 bits per heavy atom. The molecule has 0 heterocycles. The van der Waals surface area contributed by atoms with E-state index >= 15 is 0 Å². The van der Waals surface area contributed by atoms with Crippen molar-refractivity contribution in [1.82, 2.24) is 5.06 Å². The van der Waals surface area contributed by atoms with Crippen LogP contribution in [-0.2, 0) is 16.1 Å². The summed E-state index contributed by atoms with van der Waals surface area (Å²) in [4.78, 5) is 27.1. The summed E-state index contributed by atoms with van der Waals surface area (Å²) < 4.78 is 4.89. The van der Waals surface area contributed by atoms with Crippen molar-refractivity contribution in [3.63, 3.8) is 0 Å². The number of hydroxylamine groups is 2. The van der Waals surface area contributed by atoms with E-state index < -0.39 is 17.8 Å². The molecule has 6 nitrogen and oxygen atoms in total. The van der Waals surface area contributed by atoms with E-state index in [0.29, 0.717) is 15.6 Å². The van der Waals surface area contributed by atoms with Gasteiger partial charge in [-0.15, -0.1) is 5.06 Å². The van der Waals surface area contributed by atoms with Crippen molar-refractivity contribution >= 4 is 23.8 Å². The van der Waals surface area contributed by atoms with Crippen molar-refractivity contribution in [3.05, 3.63) is 34.9 Å². The average molecular weight is 302 g/mol. The first kappa shape index (κ1) is 16.1. The molecule has 0 fully saturated rings. The topological polar surface area (TPSA) is 76.1 Å². The summed E-state index contributed by atoms with van der Waals surface area (Å²) in [5, 5.41) is 10.0. The molecular weight excluding hydrogens is 286 g/mol. The first-order valence-electron chi connectivity index (χ1n) is 5.83. The molecule has 1 aromatic rings. The van der Waals surface area contributed by atoms with Crippen LogP contribution in [-0.4, -0.2) is 28.0 Å². The Morgan fingerprint density at radius 3 is 2.25 bits per heavy atom. The molecule has 0 radical (unpaired) electrons. The van der Waals surface area contributed by atoms with Gasteiger partial charge in [0.1, 0.15) is 5.60 Å². The maximum atomic E-state index is 11.4. The normalized spacial score (nSPS) is 10.8. The number of carboxylic acid groups (broad SMARTS) is 1. The van der Waals surface area contributed by atoms with Crippen molar-refractivity contribution in [1.29, 1.82) is 0 Å². The van der Waals surface area contributed by atoms with Gasteiger partial charge in [-0.05, 0) is 38.5 Å². The molecule has 0 saturated carbocycles. The van der Waals surface area contributed by atoms with Crippen LogP contribution in [0.1, 0.15) is 26.3 Å². The van der Waals surface area contributed by atoms with Crippen LogP contribution in [0.15, 0.2) is 24.3 Å². The third-order valence-electron chi connectivity index (χ3n) is 2.03. The van der Waals surface area contributed by atoms with E-state index in [1.807, 2.05) is 0 Å². The van der Waals surface area contributed by atoms with Gasteiger partial charge in [0.2, 0.25) is 0 Å². The third kappa shape index (κ3) is 5.79. The number of benzene rings is 1. The fourth-order valence-electron chi connectivity index (χ4n) is 1.25. The molecule has 7 heteroatoms. The molecule has 0 aliphatic heterocycles. The van der Waals surface area contributed by atoms with Gasteiger partial charge in [0, 0.05) is 5.02 Å². The molecule has 110 valence electrons. The highest BCUT2D eigenvalue weighted by molar-refractivity contribution is 6.30. The Labute approximate surface area is 121 Å². The van der Waals surface area contributed by atoms with Crippen LogP contribution >= 0.6 is 11.6 Å². The van der Waals surface area contributed by atoms with Gasteiger partial charge in [-0.2, -0.15) is 0 Å². The van der Waals surface area contributed by atoms with Gasteiger partial charge in [-0.3, -0.25) is 4.84 Å². The highest BCUT2D eigenvalue weighted by atomic mass is 35.5. The number of hydrogen-bond acceptors (Lipinski definition) is 4. The van der Waals surface area contributed by atoms with Crippen LogP contribution in [0.2, 0.25) is 5.02 Å². The van der Waals surface area contributed by atoms with Crippen LogP contribution in [0.4, 0.5) is 9.59 Å². The standard InChI is InChI=1S/C13H16ClNO5/c1-13(2,3)19-12(18)20-15(11(16)17)8-9-4-6-10(14)7-5-9/h4-7H,8H2,1-3H3,(H,16,17). The van der Waals surface area contributed by atoms with Gasteiger partial charge in [0.15, 0.2) is 0 Å². The summed E-state index contributed by atoms with van der Waals surface area (Å²) >= 11 is 5.73. The van der Waals surface area contributed by atoms with Crippen LogP contribution < -0.4 is 0 Å². The van der Waals surface area contributed by atoms with Gasteiger partial charge in [-0.25, -0.2) is 9.59 Å². The molecule has 0 aliphatic rings. The fourth-order valence-corrected chi connectivity index (χ4v) is 1.38. The Kier molecular flexibility index (Phi) is 5.21. The van der Waals surface area contributed by atoms with E-state index in [1.54, 1.807) is 45.0 Å². The number of ether oxygens (including phenoxy) is 1. The number of hydrogen-bond donors (Lipinski definition) is 1. The lowest BCUT2D eigenvalue weighted by Gasteiger charge is -2.22. The number of carbonyl (C=O) groups is 2. The average Bonchev–Trinajstić information content (AvgIpc) is 2.28. The number of halogens is 1. The number of nitrogens with zero attached hydrogens (tertiary/aromatic N) is 1. The minimum Gasteiger partial charge on any atom is -0.463 e. The van der Waals surface area contributed by atoms with E-state index in [0.717, 1.165) is 0 Å². The quantitative estimate of drug-likeness (QED) is 0.666. The second-order valence-electron chi connectivity index (χ2n) is 5.00. The Bertz CT molecular complexity index is 481. The summed E-state index contributed by atoms with van der Waals surface area (Å²) in [6.45, 7) is 4.83. The molecule has 1 rings (SSSR count). The molecule has 1 N–H and O–H groups in total. The van der Waals surface area contributed by atoms with Gasteiger partial charge in [0.05, 0.1) is 6.54 Å². The van der Waals surface area contributed by atoms with Crippen molar-refractivity contribution in [2.45, 2.75) is 32.9 Å². The molecule has 0 saturated heterocycles. The molecule has 1 aromatic carbocycles. The van der Waals surface area contributed by atoms with Crippen molar-refractivity contribution < 1.29 is 24.3 Å². The van der Waals surface area contributed by atoms with Gasteiger partial charge < -0.3 is 9.84 Å². The van der Waals surface area contributed by atoms with E-state index in [1.165, 1.54) is 0 Å². The van der Waals surface area contributed by atoms with Crippen molar-refractivity contribution in [3.8, 4) is 0 Å². The molecule has 0 unspecified atom stereocenters. The summed E-state index contributed by atoms with van der Waals surface area (Å²) in [7, 11) is 0. The van der Waals surface area contributed by atoms with Crippen molar-refractivity contribution in [2.24, 2.45) is 0 Å². The number of amides is 1. The first-order valence-corrected chi connectivity index (χ1v) is 6.21. The zero-order chi connectivity index (χ0) is 15.3. The highest BCUT2D eigenvalue weighted by Crippen LogP contribution is 2.13. The monoisotopic (exact) mass is 301 g/mol. The second kappa shape index (κ2) is 6.47. The Balaban J connectivity index is 2.68. The van der Waals surface area contributed by atoms with E-state index in [4.69, 9.17) is 21.4 Å². The minimum atomic E-state index is -1.40. The fraction of sp³-hybridized carbons (Fsp3) is 0.385. The molecule has 0 bridgehead atoms. The lowest BCUT2D eigenvalue weighted by Crippen LogP contribution is -2.34.